The molecule has 0 fully saturated rings. The number of fused-ring (bicyclic) bond motifs is 1. The lowest BCUT2D eigenvalue weighted by molar-refractivity contribution is 0.0476. The van der Waals surface area contributed by atoms with Gasteiger partial charge in [0.15, 0.2) is 0 Å². The Morgan fingerprint density at radius 1 is 1.38 bits per heavy atom. The van der Waals surface area contributed by atoms with Gasteiger partial charge < -0.3 is 9.30 Å². The zero-order valence-electron chi connectivity index (χ0n) is 11.4. The van der Waals surface area contributed by atoms with Gasteiger partial charge in [-0.2, -0.15) is 0 Å². The van der Waals surface area contributed by atoms with E-state index in [0.29, 0.717) is 17.3 Å². The Morgan fingerprint density at radius 3 is 3.00 bits per heavy atom. The maximum absolute atomic E-state index is 12.1. The summed E-state index contributed by atoms with van der Waals surface area (Å²) in [5.74, 6) is -0.370. The summed E-state index contributed by atoms with van der Waals surface area (Å²) in [7, 11) is 1.82. The van der Waals surface area contributed by atoms with Crippen molar-refractivity contribution in [3.8, 4) is 0 Å². The van der Waals surface area contributed by atoms with Crippen molar-refractivity contribution in [2.75, 3.05) is 6.61 Å². The summed E-state index contributed by atoms with van der Waals surface area (Å²) in [6, 6.07) is 7.27. The quantitative estimate of drug-likeness (QED) is 0.694. The third-order valence-electron chi connectivity index (χ3n) is 3.24. The normalized spacial score (nSPS) is 11.0. The molecular weight excluding hydrogens is 292 g/mol. The van der Waals surface area contributed by atoms with Crippen molar-refractivity contribution in [1.82, 2.24) is 19.6 Å². The first-order chi connectivity index (χ1) is 10.1. The van der Waals surface area contributed by atoms with Crippen LogP contribution in [0.4, 0.5) is 0 Å². The lowest BCUT2D eigenvalue weighted by Gasteiger charge is -2.06. The molecule has 0 unspecified atom stereocenters. The standard InChI is InChI=1S/C14H13ClN4O2/c1-18-12-3-2-11(15)8-10(12)9-13(18)14(20)21-7-6-19-5-4-16-17-19/h2-5,8-9H,6-7H2,1H3. The zero-order chi connectivity index (χ0) is 14.8. The van der Waals surface area contributed by atoms with Crippen LogP contribution in [0.5, 0.6) is 0 Å². The number of esters is 1. The van der Waals surface area contributed by atoms with Gasteiger partial charge in [-0.15, -0.1) is 5.10 Å². The SMILES string of the molecule is Cn1c(C(=O)OCCn2ccnn2)cc2cc(Cl)ccc21. The first kappa shape index (κ1) is 13.6. The number of aromatic nitrogens is 4. The Morgan fingerprint density at radius 2 is 2.24 bits per heavy atom. The monoisotopic (exact) mass is 304 g/mol. The molecule has 3 rings (SSSR count). The summed E-state index contributed by atoms with van der Waals surface area (Å²) in [5, 5.41) is 9.04. The van der Waals surface area contributed by atoms with Gasteiger partial charge in [0.2, 0.25) is 0 Å². The van der Waals surface area contributed by atoms with Crippen molar-refractivity contribution in [2.24, 2.45) is 7.05 Å². The van der Waals surface area contributed by atoms with E-state index in [1.54, 1.807) is 33.8 Å². The Kier molecular flexibility index (Phi) is 3.62. The van der Waals surface area contributed by atoms with Crippen molar-refractivity contribution >= 4 is 28.5 Å². The van der Waals surface area contributed by atoms with Crippen molar-refractivity contribution in [2.45, 2.75) is 6.54 Å². The molecule has 0 spiro atoms. The summed E-state index contributed by atoms with van der Waals surface area (Å²) in [5.41, 5.74) is 1.42. The summed E-state index contributed by atoms with van der Waals surface area (Å²) >= 11 is 5.96. The molecule has 0 N–H and O–H groups in total. The molecule has 0 atom stereocenters. The fourth-order valence-corrected chi connectivity index (χ4v) is 2.35. The molecule has 7 heteroatoms. The summed E-state index contributed by atoms with van der Waals surface area (Å²) in [4.78, 5) is 12.1. The highest BCUT2D eigenvalue weighted by atomic mass is 35.5. The Bertz CT molecular complexity index is 780. The number of halogens is 1. The van der Waals surface area contributed by atoms with Gasteiger partial charge in [0.05, 0.1) is 12.7 Å². The number of carbonyl (C=O) groups excluding carboxylic acids is 1. The van der Waals surface area contributed by atoms with E-state index in [9.17, 15) is 4.79 Å². The number of ether oxygens (including phenoxy) is 1. The predicted octanol–water partition coefficient (Wildman–Crippen LogP) is 2.28. The van der Waals surface area contributed by atoms with Crippen molar-refractivity contribution in [1.29, 1.82) is 0 Å². The number of hydrogen-bond acceptors (Lipinski definition) is 4. The summed E-state index contributed by atoms with van der Waals surface area (Å²) in [6.07, 6.45) is 3.29. The zero-order valence-corrected chi connectivity index (χ0v) is 12.1. The number of nitrogens with zero attached hydrogens (tertiary/aromatic N) is 4. The van der Waals surface area contributed by atoms with Crippen LogP contribution in [0.25, 0.3) is 10.9 Å². The van der Waals surface area contributed by atoms with Crippen LogP contribution in [0, 0.1) is 0 Å². The second-order valence-electron chi connectivity index (χ2n) is 4.59. The highest BCUT2D eigenvalue weighted by molar-refractivity contribution is 6.31. The molecule has 0 amide bonds. The second kappa shape index (κ2) is 5.57. The summed E-state index contributed by atoms with van der Waals surface area (Å²) in [6.45, 7) is 0.714. The number of hydrogen-bond donors (Lipinski definition) is 0. The van der Waals surface area contributed by atoms with Crippen LogP contribution in [0.2, 0.25) is 5.02 Å². The minimum absolute atomic E-state index is 0.241. The van der Waals surface area contributed by atoms with Crippen LogP contribution < -0.4 is 0 Å². The maximum Gasteiger partial charge on any atom is 0.355 e. The lowest BCUT2D eigenvalue weighted by atomic mass is 10.2. The average Bonchev–Trinajstić information content (AvgIpc) is 3.07. The number of benzene rings is 1. The number of carbonyl (C=O) groups is 1. The highest BCUT2D eigenvalue weighted by Gasteiger charge is 2.14. The minimum Gasteiger partial charge on any atom is -0.459 e. The molecule has 0 saturated heterocycles. The van der Waals surface area contributed by atoms with Crippen LogP contribution in [-0.4, -0.2) is 32.1 Å². The smallest absolute Gasteiger partial charge is 0.355 e. The third kappa shape index (κ3) is 2.75. The highest BCUT2D eigenvalue weighted by Crippen LogP contribution is 2.23. The second-order valence-corrected chi connectivity index (χ2v) is 5.03. The first-order valence-electron chi connectivity index (χ1n) is 6.41. The molecule has 0 aliphatic rings. The van der Waals surface area contributed by atoms with E-state index < -0.39 is 0 Å². The van der Waals surface area contributed by atoms with E-state index in [0.717, 1.165) is 10.9 Å². The molecule has 3 aromatic rings. The van der Waals surface area contributed by atoms with Gasteiger partial charge in [0.25, 0.3) is 0 Å². The van der Waals surface area contributed by atoms with Gasteiger partial charge in [0, 0.05) is 29.2 Å². The molecule has 2 aromatic heterocycles. The van der Waals surface area contributed by atoms with E-state index in [1.165, 1.54) is 0 Å². The Labute approximate surface area is 125 Å². The van der Waals surface area contributed by atoms with E-state index >= 15 is 0 Å². The van der Waals surface area contributed by atoms with Gasteiger partial charge in [-0.05, 0) is 24.3 Å². The van der Waals surface area contributed by atoms with Crippen LogP contribution >= 0.6 is 11.6 Å². The maximum atomic E-state index is 12.1. The van der Waals surface area contributed by atoms with Crippen molar-refractivity contribution in [3.63, 3.8) is 0 Å². The molecule has 6 nitrogen and oxygen atoms in total. The van der Waals surface area contributed by atoms with Gasteiger partial charge in [0.1, 0.15) is 12.3 Å². The third-order valence-corrected chi connectivity index (χ3v) is 3.47. The lowest BCUT2D eigenvalue weighted by Crippen LogP contribution is -2.14. The van der Waals surface area contributed by atoms with Gasteiger partial charge in [-0.25, -0.2) is 9.48 Å². The number of aryl methyl sites for hydroxylation is 1. The molecule has 1 aromatic carbocycles. The van der Waals surface area contributed by atoms with Crippen LogP contribution in [0.1, 0.15) is 10.5 Å². The van der Waals surface area contributed by atoms with E-state index in [4.69, 9.17) is 16.3 Å². The molecule has 0 saturated carbocycles. The average molecular weight is 305 g/mol. The molecular formula is C14H13ClN4O2. The Hall–Kier alpha value is -2.34. The molecule has 0 aliphatic heterocycles. The fraction of sp³-hybridized carbons (Fsp3) is 0.214. The minimum atomic E-state index is -0.370. The molecule has 2 heterocycles. The summed E-state index contributed by atoms with van der Waals surface area (Å²) < 4.78 is 8.66. The fourth-order valence-electron chi connectivity index (χ4n) is 2.17. The Balaban J connectivity index is 1.73. The molecule has 108 valence electrons. The van der Waals surface area contributed by atoms with E-state index in [-0.39, 0.29) is 12.6 Å². The largest absolute Gasteiger partial charge is 0.459 e. The molecule has 0 aliphatic carbocycles. The first-order valence-corrected chi connectivity index (χ1v) is 6.79. The van der Waals surface area contributed by atoms with Gasteiger partial charge in [-0.3, -0.25) is 0 Å². The molecule has 21 heavy (non-hydrogen) atoms. The predicted molar refractivity (Wildman–Crippen MR) is 78.2 cm³/mol. The van der Waals surface area contributed by atoms with E-state index in [1.807, 2.05) is 19.2 Å². The van der Waals surface area contributed by atoms with E-state index in [2.05, 4.69) is 10.3 Å². The van der Waals surface area contributed by atoms with Crippen LogP contribution in [-0.2, 0) is 18.3 Å². The van der Waals surface area contributed by atoms with Crippen LogP contribution in [0.3, 0.4) is 0 Å². The van der Waals surface area contributed by atoms with Crippen molar-refractivity contribution in [3.05, 3.63) is 47.4 Å². The van der Waals surface area contributed by atoms with Crippen molar-refractivity contribution < 1.29 is 9.53 Å². The van der Waals surface area contributed by atoms with Gasteiger partial charge >= 0.3 is 5.97 Å². The molecule has 0 radical (unpaired) electrons. The number of rotatable bonds is 4. The van der Waals surface area contributed by atoms with Crippen LogP contribution in [0.15, 0.2) is 36.7 Å². The molecule has 0 bridgehead atoms. The van der Waals surface area contributed by atoms with Gasteiger partial charge in [-0.1, -0.05) is 16.8 Å². The topological polar surface area (TPSA) is 61.9 Å².